The van der Waals surface area contributed by atoms with E-state index in [1.165, 1.54) is 30.8 Å². The van der Waals surface area contributed by atoms with Gasteiger partial charge in [0.25, 0.3) is 5.56 Å². The lowest BCUT2D eigenvalue weighted by molar-refractivity contribution is 0.662. The highest BCUT2D eigenvalue weighted by Crippen LogP contribution is 2.18. The zero-order valence-corrected chi connectivity index (χ0v) is 9.48. The Morgan fingerprint density at radius 2 is 1.76 bits per heavy atom. The smallest absolute Gasteiger partial charge is 0.296 e. The van der Waals surface area contributed by atoms with Gasteiger partial charge in [0.2, 0.25) is 0 Å². The van der Waals surface area contributed by atoms with E-state index in [4.69, 9.17) is 0 Å². The Morgan fingerprint density at radius 3 is 2.47 bits per heavy atom. The molecule has 1 aliphatic rings. The monoisotopic (exact) mass is 234 g/mol. The number of hydrogen-bond acceptors (Lipinski definition) is 2. The Hall–Kier alpha value is -2.17. The second kappa shape index (κ2) is 4.01. The third-order valence-corrected chi connectivity index (χ3v) is 2.67. The van der Waals surface area contributed by atoms with Crippen LogP contribution in [0.3, 0.4) is 0 Å². The zero-order chi connectivity index (χ0) is 12.6. The molecule has 2 rings (SSSR count). The van der Waals surface area contributed by atoms with Crippen LogP contribution in [-0.2, 0) is 14.1 Å². The van der Waals surface area contributed by atoms with Gasteiger partial charge in [-0.05, 0) is 12.2 Å². The Morgan fingerprint density at radius 1 is 1.06 bits per heavy atom. The molecule has 0 fully saturated rings. The van der Waals surface area contributed by atoms with Crippen molar-refractivity contribution in [2.45, 2.75) is 0 Å². The molecule has 0 atom stereocenters. The molecular weight excluding hydrogens is 223 g/mol. The topological polar surface area (TPSA) is 44.0 Å². The van der Waals surface area contributed by atoms with E-state index in [9.17, 15) is 14.0 Å². The molecular formula is C12H11FN2O2. The van der Waals surface area contributed by atoms with Crippen molar-refractivity contribution in [3.63, 3.8) is 0 Å². The van der Waals surface area contributed by atoms with Gasteiger partial charge in [0, 0.05) is 14.1 Å². The molecule has 1 aromatic rings. The average molecular weight is 234 g/mol. The van der Waals surface area contributed by atoms with Crippen molar-refractivity contribution in [3.8, 4) is 0 Å². The van der Waals surface area contributed by atoms with Gasteiger partial charge in [-0.15, -0.1) is 0 Å². The molecule has 5 heteroatoms. The first-order valence-corrected chi connectivity index (χ1v) is 5.05. The molecule has 88 valence electrons. The van der Waals surface area contributed by atoms with Crippen LogP contribution in [0.4, 0.5) is 4.39 Å². The van der Waals surface area contributed by atoms with Crippen LogP contribution in [0.15, 0.2) is 33.9 Å². The minimum Gasteiger partial charge on any atom is -0.296 e. The van der Waals surface area contributed by atoms with Gasteiger partial charge in [-0.3, -0.25) is 13.9 Å². The predicted octanol–water partition coefficient (Wildman–Crippen LogP) is 0.977. The molecule has 0 radical (unpaired) electrons. The van der Waals surface area contributed by atoms with Gasteiger partial charge >= 0.3 is 5.69 Å². The lowest BCUT2D eigenvalue weighted by atomic mass is 10.1. The number of allylic oxidation sites excluding steroid dienone is 4. The highest BCUT2D eigenvalue weighted by atomic mass is 19.1. The maximum absolute atomic E-state index is 13.8. The van der Waals surface area contributed by atoms with Gasteiger partial charge in [-0.25, -0.2) is 9.18 Å². The maximum atomic E-state index is 13.8. The lowest BCUT2D eigenvalue weighted by Gasteiger charge is -2.11. The quantitative estimate of drug-likeness (QED) is 0.671. The van der Waals surface area contributed by atoms with E-state index >= 15 is 0 Å². The van der Waals surface area contributed by atoms with Gasteiger partial charge in [0.1, 0.15) is 5.83 Å². The molecule has 1 heterocycles. The van der Waals surface area contributed by atoms with Crippen molar-refractivity contribution < 1.29 is 4.39 Å². The molecule has 0 spiro atoms. The second-order valence-corrected chi connectivity index (χ2v) is 3.72. The molecule has 4 nitrogen and oxygen atoms in total. The molecule has 1 aromatic heterocycles. The number of hydrogen-bond donors (Lipinski definition) is 0. The summed E-state index contributed by atoms with van der Waals surface area (Å²) in [6, 6.07) is 0. The van der Waals surface area contributed by atoms with Crippen LogP contribution in [0.5, 0.6) is 0 Å². The molecule has 0 saturated carbocycles. The summed E-state index contributed by atoms with van der Waals surface area (Å²) in [5, 5.41) is 0. The summed E-state index contributed by atoms with van der Waals surface area (Å²) in [5.41, 5.74) is -0.918. The first kappa shape index (κ1) is 11.3. The molecule has 0 unspecified atom stereocenters. The summed E-state index contributed by atoms with van der Waals surface area (Å²) in [6.45, 7) is 0. The van der Waals surface area contributed by atoms with Gasteiger partial charge in [-0.2, -0.15) is 0 Å². The fourth-order valence-electron chi connectivity index (χ4n) is 1.71. The molecule has 0 bridgehead atoms. The number of aromatic nitrogens is 2. The fraction of sp³-hybridized carbons (Fsp3) is 0.167. The number of rotatable bonds is 0. The second-order valence-electron chi connectivity index (χ2n) is 3.72. The van der Waals surface area contributed by atoms with Crippen LogP contribution in [0.2, 0.25) is 0 Å². The Labute approximate surface area is 96.6 Å². The minimum absolute atomic E-state index is 0.0878. The molecule has 0 aliphatic heterocycles. The van der Waals surface area contributed by atoms with Crippen molar-refractivity contribution in [3.05, 3.63) is 56.4 Å². The third-order valence-electron chi connectivity index (χ3n) is 2.67. The van der Waals surface area contributed by atoms with Gasteiger partial charge in [-0.1, -0.05) is 18.2 Å². The lowest BCUT2D eigenvalue weighted by Crippen LogP contribution is -2.40. The number of halogens is 1. The van der Waals surface area contributed by atoms with E-state index in [-0.39, 0.29) is 11.3 Å². The van der Waals surface area contributed by atoms with Gasteiger partial charge in [0.15, 0.2) is 0 Å². The van der Waals surface area contributed by atoms with Crippen LogP contribution in [0.1, 0.15) is 11.3 Å². The molecule has 0 amide bonds. The zero-order valence-electron chi connectivity index (χ0n) is 9.48. The van der Waals surface area contributed by atoms with Crippen LogP contribution in [0.25, 0.3) is 11.9 Å². The van der Waals surface area contributed by atoms with E-state index in [1.54, 1.807) is 18.2 Å². The minimum atomic E-state index is -0.642. The molecule has 0 aromatic carbocycles. The van der Waals surface area contributed by atoms with E-state index in [2.05, 4.69) is 0 Å². The summed E-state index contributed by atoms with van der Waals surface area (Å²) in [7, 11) is 2.83. The summed E-state index contributed by atoms with van der Waals surface area (Å²) in [5.74, 6) is -0.642. The standard InChI is InChI=1S/C12H11FN2O2/c1-14-9-7-5-3-4-6-8(13)10(9)11(16)15(2)12(14)17/h3-7H,1-2H3/b4-3-,5-3?,6-4?,7-5-,8-6+,9-7?,10-8?. The first-order valence-electron chi connectivity index (χ1n) is 5.05. The van der Waals surface area contributed by atoms with Gasteiger partial charge < -0.3 is 0 Å². The molecule has 0 N–H and O–H groups in total. The largest absolute Gasteiger partial charge is 0.330 e. The van der Waals surface area contributed by atoms with Crippen molar-refractivity contribution in [1.82, 2.24) is 9.13 Å². The maximum Gasteiger partial charge on any atom is 0.330 e. The van der Waals surface area contributed by atoms with Crippen LogP contribution in [-0.4, -0.2) is 9.13 Å². The number of nitrogens with zero attached hydrogens (tertiary/aromatic N) is 2. The van der Waals surface area contributed by atoms with E-state index in [1.807, 2.05) is 0 Å². The Balaban J connectivity index is 2.99. The highest BCUT2D eigenvalue weighted by molar-refractivity contribution is 5.70. The fourth-order valence-corrected chi connectivity index (χ4v) is 1.71. The van der Waals surface area contributed by atoms with Crippen LogP contribution in [0, 0.1) is 0 Å². The third kappa shape index (κ3) is 1.69. The highest BCUT2D eigenvalue weighted by Gasteiger charge is 2.17. The van der Waals surface area contributed by atoms with Crippen LogP contribution < -0.4 is 11.2 Å². The number of fused-ring (bicyclic) bond motifs is 1. The van der Waals surface area contributed by atoms with Crippen LogP contribution >= 0.6 is 0 Å². The Kier molecular flexibility index (Phi) is 2.67. The normalized spacial score (nSPS) is 20.8. The van der Waals surface area contributed by atoms with E-state index < -0.39 is 17.1 Å². The SMILES string of the molecule is Cn1c2c(c(=O)n(C)c1=O)\C(F)=C/C=C\C=C/2. The van der Waals surface area contributed by atoms with E-state index in [0.717, 1.165) is 4.57 Å². The van der Waals surface area contributed by atoms with Gasteiger partial charge in [0.05, 0.1) is 11.3 Å². The van der Waals surface area contributed by atoms with Crippen molar-refractivity contribution in [2.24, 2.45) is 14.1 Å². The molecule has 17 heavy (non-hydrogen) atoms. The van der Waals surface area contributed by atoms with E-state index in [0.29, 0.717) is 0 Å². The Bertz CT molecular complexity index is 675. The average Bonchev–Trinajstić information content (AvgIpc) is 2.29. The van der Waals surface area contributed by atoms with Crippen molar-refractivity contribution in [1.29, 1.82) is 0 Å². The molecule has 1 aliphatic carbocycles. The molecule has 0 saturated heterocycles. The first-order chi connectivity index (χ1) is 8.04. The van der Waals surface area contributed by atoms with Crippen molar-refractivity contribution >= 4 is 11.9 Å². The summed E-state index contributed by atoms with van der Waals surface area (Å²) in [4.78, 5) is 23.6. The summed E-state index contributed by atoms with van der Waals surface area (Å²) in [6.07, 6.45) is 7.53. The summed E-state index contributed by atoms with van der Waals surface area (Å²) >= 11 is 0. The summed E-state index contributed by atoms with van der Waals surface area (Å²) < 4.78 is 16.0. The predicted molar refractivity (Wildman–Crippen MR) is 64.2 cm³/mol. The van der Waals surface area contributed by atoms with Crippen molar-refractivity contribution in [2.75, 3.05) is 0 Å².